The maximum atomic E-state index is 12.6. The zero-order valence-corrected chi connectivity index (χ0v) is 13.0. The molecule has 0 saturated carbocycles. The van der Waals surface area contributed by atoms with Crippen molar-refractivity contribution in [3.63, 3.8) is 0 Å². The molecule has 5 heteroatoms. The molecule has 1 unspecified atom stereocenters. The molecule has 116 valence electrons. The summed E-state index contributed by atoms with van der Waals surface area (Å²) in [7, 11) is 3.16. The van der Waals surface area contributed by atoms with Gasteiger partial charge in [0.25, 0.3) is 5.91 Å². The molecule has 1 aromatic carbocycles. The number of carbonyl (C=O) groups is 1. The van der Waals surface area contributed by atoms with Crippen molar-refractivity contribution in [3.8, 4) is 11.5 Å². The molecule has 1 amide bonds. The molecule has 2 rings (SSSR count). The van der Waals surface area contributed by atoms with Crippen LogP contribution in [0.25, 0.3) is 0 Å². The van der Waals surface area contributed by atoms with Crippen LogP contribution in [0.1, 0.15) is 30.1 Å². The zero-order valence-electron chi connectivity index (χ0n) is 13.0. The summed E-state index contributed by atoms with van der Waals surface area (Å²) in [4.78, 5) is 14.5. The molecular weight excluding hydrogens is 268 g/mol. The summed E-state index contributed by atoms with van der Waals surface area (Å²) in [6.07, 6.45) is 2.32. The Balaban J connectivity index is 2.12. The predicted octanol–water partition coefficient (Wildman–Crippen LogP) is 1.92. The Hall–Kier alpha value is -1.75. The number of likely N-dealkylation sites (N-methyl/N-ethyl adjacent to an activating group) is 1. The highest BCUT2D eigenvalue weighted by Gasteiger charge is 2.22. The van der Waals surface area contributed by atoms with Gasteiger partial charge in [-0.25, -0.2) is 0 Å². The van der Waals surface area contributed by atoms with Crippen LogP contribution in [0.3, 0.4) is 0 Å². The van der Waals surface area contributed by atoms with Crippen LogP contribution in [-0.4, -0.2) is 50.7 Å². The minimum Gasteiger partial charge on any atom is -0.493 e. The lowest BCUT2D eigenvalue weighted by Crippen LogP contribution is -2.41. The summed E-state index contributed by atoms with van der Waals surface area (Å²) in [6, 6.07) is 5.71. The van der Waals surface area contributed by atoms with Gasteiger partial charge < -0.3 is 19.7 Å². The van der Waals surface area contributed by atoms with Crippen molar-refractivity contribution >= 4 is 5.91 Å². The zero-order chi connectivity index (χ0) is 15.2. The van der Waals surface area contributed by atoms with Gasteiger partial charge in [-0.05, 0) is 44.5 Å². The number of nitrogens with one attached hydrogen (secondary N) is 1. The monoisotopic (exact) mass is 292 g/mol. The highest BCUT2D eigenvalue weighted by molar-refractivity contribution is 5.95. The normalized spacial score (nSPS) is 17.6. The molecule has 1 atom stereocenters. The molecule has 1 aliphatic heterocycles. The number of hydrogen-bond acceptors (Lipinski definition) is 4. The van der Waals surface area contributed by atoms with Gasteiger partial charge in [0, 0.05) is 24.7 Å². The van der Waals surface area contributed by atoms with E-state index < -0.39 is 0 Å². The lowest BCUT2D eigenvalue weighted by molar-refractivity contribution is 0.0751. The van der Waals surface area contributed by atoms with Gasteiger partial charge >= 0.3 is 0 Å². The van der Waals surface area contributed by atoms with E-state index in [1.807, 2.05) is 11.8 Å². The number of benzene rings is 1. The van der Waals surface area contributed by atoms with E-state index in [1.54, 1.807) is 32.4 Å². The molecule has 0 aliphatic carbocycles. The summed E-state index contributed by atoms with van der Waals surface area (Å²) in [5.74, 6) is 1.25. The molecule has 5 nitrogen and oxygen atoms in total. The first kappa shape index (κ1) is 15.6. The van der Waals surface area contributed by atoms with Crippen LogP contribution in [0.15, 0.2) is 18.2 Å². The van der Waals surface area contributed by atoms with E-state index in [-0.39, 0.29) is 5.91 Å². The standard InChI is InChI=1S/C16H24N2O3/c1-4-18(11-13-6-5-9-17-13)16(19)12-7-8-14(20-2)15(10-12)21-3/h7-8,10,13,17H,4-6,9,11H2,1-3H3. The number of hydrogen-bond donors (Lipinski definition) is 1. The molecule has 0 aromatic heterocycles. The van der Waals surface area contributed by atoms with E-state index in [1.165, 1.54) is 6.42 Å². The fourth-order valence-corrected chi connectivity index (χ4v) is 2.69. The van der Waals surface area contributed by atoms with Gasteiger partial charge in [-0.3, -0.25) is 4.79 Å². The van der Waals surface area contributed by atoms with Crippen LogP contribution >= 0.6 is 0 Å². The third-order valence-electron chi connectivity index (χ3n) is 3.90. The summed E-state index contributed by atoms with van der Waals surface area (Å²) < 4.78 is 10.5. The molecule has 0 spiro atoms. The predicted molar refractivity (Wildman–Crippen MR) is 82.1 cm³/mol. The maximum absolute atomic E-state index is 12.6. The molecule has 1 saturated heterocycles. The Morgan fingerprint density at radius 3 is 2.67 bits per heavy atom. The van der Waals surface area contributed by atoms with Gasteiger partial charge in [-0.1, -0.05) is 0 Å². The number of rotatable bonds is 6. The number of methoxy groups -OCH3 is 2. The SMILES string of the molecule is CCN(CC1CCCN1)C(=O)c1ccc(OC)c(OC)c1. The first-order valence-corrected chi connectivity index (χ1v) is 7.44. The minimum atomic E-state index is 0.0344. The molecule has 0 bridgehead atoms. The first-order valence-electron chi connectivity index (χ1n) is 7.44. The lowest BCUT2D eigenvalue weighted by atomic mass is 10.1. The molecule has 0 radical (unpaired) electrons. The van der Waals surface area contributed by atoms with Gasteiger partial charge in [-0.2, -0.15) is 0 Å². The molecule has 1 aromatic rings. The average molecular weight is 292 g/mol. The molecule has 1 heterocycles. The second kappa shape index (κ2) is 7.31. The maximum Gasteiger partial charge on any atom is 0.254 e. The number of carbonyl (C=O) groups excluding carboxylic acids is 1. The third kappa shape index (κ3) is 3.67. The minimum absolute atomic E-state index is 0.0344. The number of amides is 1. The van der Waals surface area contributed by atoms with Crippen molar-refractivity contribution < 1.29 is 14.3 Å². The van der Waals surface area contributed by atoms with Crippen LogP contribution in [0.5, 0.6) is 11.5 Å². The van der Waals surface area contributed by atoms with Crippen molar-refractivity contribution in [2.24, 2.45) is 0 Å². The van der Waals surface area contributed by atoms with E-state index in [2.05, 4.69) is 5.32 Å². The number of nitrogens with zero attached hydrogens (tertiary/aromatic N) is 1. The Kier molecular flexibility index (Phi) is 5.44. The van der Waals surface area contributed by atoms with Crippen molar-refractivity contribution in [2.75, 3.05) is 33.9 Å². The van der Waals surface area contributed by atoms with Crippen molar-refractivity contribution in [1.82, 2.24) is 10.2 Å². The van der Waals surface area contributed by atoms with Crippen LogP contribution < -0.4 is 14.8 Å². The molecular formula is C16H24N2O3. The average Bonchev–Trinajstić information content (AvgIpc) is 3.04. The van der Waals surface area contributed by atoms with E-state index in [0.29, 0.717) is 29.6 Å². The Bertz CT molecular complexity index is 484. The molecule has 21 heavy (non-hydrogen) atoms. The fourth-order valence-electron chi connectivity index (χ4n) is 2.69. The van der Waals surface area contributed by atoms with Crippen molar-refractivity contribution in [2.45, 2.75) is 25.8 Å². The van der Waals surface area contributed by atoms with E-state index in [4.69, 9.17) is 9.47 Å². The summed E-state index contributed by atoms with van der Waals surface area (Å²) in [6.45, 7) is 4.51. The van der Waals surface area contributed by atoms with Crippen LogP contribution in [0.2, 0.25) is 0 Å². The van der Waals surface area contributed by atoms with E-state index in [9.17, 15) is 4.79 Å². The second-order valence-electron chi connectivity index (χ2n) is 5.21. The Morgan fingerprint density at radius 1 is 1.33 bits per heavy atom. The first-order chi connectivity index (χ1) is 10.2. The van der Waals surface area contributed by atoms with Gasteiger partial charge in [0.2, 0.25) is 0 Å². The lowest BCUT2D eigenvalue weighted by Gasteiger charge is -2.25. The van der Waals surface area contributed by atoms with Gasteiger partial charge in [0.15, 0.2) is 11.5 Å². The summed E-state index contributed by atoms with van der Waals surface area (Å²) in [5, 5.41) is 3.43. The molecule has 1 N–H and O–H groups in total. The molecule has 1 aliphatic rings. The topological polar surface area (TPSA) is 50.8 Å². The Morgan fingerprint density at radius 2 is 2.10 bits per heavy atom. The quantitative estimate of drug-likeness (QED) is 0.870. The van der Waals surface area contributed by atoms with Gasteiger partial charge in [0.1, 0.15) is 0 Å². The van der Waals surface area contributed by atoms with Gasteiger partial charge in [-0.15, -0.1) is 0 Å². The summed E-state index contributed by atoms with van der Waals surface area (Å²) >= 11 is 0. The Labute approximate surface area is 126 Å². The summed E-state index contributed by atoms with van der Waals surface area (Å²) in [5.41, 5.74) is 0.632. The fraction of sp³-hybridized carbons (Fsp3) is 0.562. The molecule has 1 fully saturated rings. The van der Waals surface area contributed by atoms with E-state index >= 15 is 0 Å². The largest absolute Gasteiger partial charge is 0.493 e. The van der Waals surface area contributed by atoms with Crippen LogP contribution in [0, 0.1) is 0 Å². The third-order valence-corrected chi connectivity index (χ3v) is 3.90. The second-order valence-corrected chi connectivity index (χ2v) is 5.21. The van der Waals surface area contributed by atoms with Gasteiger partial charge in [0.05, 0.1) is 14.2 Å². The highest BCUT2D eigenvalue weighted by atomic mass is 16.5. The van der Waals surface area contributed by atoms with Crippen molar-refractivity contribution in [1.29, 1.82) is 0 Å². The highest BCUT2D eigenvalue weighted by Crippen LogP contribution is 2.28. The van der Waals surface area contributed by atoms with Crippen molar-refractivity contribution in [3.05, 3.63) is 23.8 Å². The van der Waals surface area contributed by atoms with Crippen LogP contribution in [0.4, 0.5) is 0 Å². The van der Waals surface area contributed by atoms with Crippen LogP contribution in [-0.2, 0) is 0 Å². The number of ether oxygens (including phenoxy) is 2. The van der Waals surface area contributed by atoms with E-state index in [0.717, 1.165) is 19.5 Å². The smallest absolute Gasteiger partial charge is 0.254 e.